The minimum Gasteiger partial charge on any atom is -0.444 e. The van der Waals surface area contributed by atoms with Gasteiger partial charge in [-0.25, -0.2) is 13.2 Å². The summed E-state index contributed by atoms with van der Waals surface area (Å²) in [7, 11) is -1.38. The Morgan fingerprint density at radius 1 is 1.23 bits per heavy atom. The van der Waals surface area contributed by atoms with Crippen LogP contribution >= 0.6 is 0 Å². The van der Waals surface area contributed by atoms with Gasteiger partial charge in [-0.2, -0.15) is 0 Å². The molecule has 8 heteroatoms. The van der Waals surface area contributed by atoms with Crippen molar-refractivity contribution in [3.63, 3.8) is 0 Å². The molecule has 0 aromatic heterocycles. The third kappa shape index (κ3) is 6.01. The fraction of sp³-hybridized carbons (Fsp3) is 0.556. The Bertz CT molecular complexity index is 766. The van der Waals surface area contributed by atoms with E-state index < -0.39 is 21.5 Å². The number of carbonyl (C=O) groups is 2. The van der Waals surface area contributed by atoms with E-state index >= 15 is 0 Å². The van der Waals surface area contributed by atoms with Crippen molar-refractivity contribution >= 4 is 27.5 Å². The Labute approximate surface area is 154 Å². The zero-order valence-corrected chi connectivity index (χ0v) is 16.4. The fourth-order valence-electron chi connectivity index (χ4n) is 2.71. The first-order valence-electron chi connectivity index (χ1n) is 8.50. The summed E-state index contributed by atoms with van der Waals surface area (Å²) in [6, 6.07) is 6.66. The van der Waals surface area contributed by atoms with Gasteiger partial charge in [-0.05, 0) is 44.9 Å². The summed E-state index contributed by atoms with van der Waals surface area (Å²) in [6.45, 7) is 5.36. The van der Waals surface area contributed by atoms with Gasteiger partial charge in [0.25, 0.3) is 0 Å². The smallest absolute Gasteiger partial charge is 0.412 e. The van der Waals surface area contributed by atoms with E-state index in [9.17, 15) is 18.0 Å². The average molecular weight is 382 g/mol. The van der Waals surface area contributed by atoms with Gasteiger partial charge >= 0.3 is 6.09 Å². The minimum absolute atomic E-state index is 0.0357. The molecule has 0 aliphatic carbocycles. The number of likely N-dealkylation sites (N-methyl/N-ethyl adjacent to an activating group) is 1. The van der Waals surface area contributed by atoms with Crippen molar-refractivity contribution in [3.05, 3.63) is 29.8 Å². The van der Waals surface area contributed by atoms with Crippen LogP contribution in [-0.4, -0.2) is 55.5 Å². The molecule has 1 saturated heterocycles. The van der Waals surface area contributed by atoms with Crippen molar-refractivity contribution in [2.75, 3.05) is 23.9 Å². The van der Waals surface area contributed by atoms with Gasteiger partial charge in [-0.1, -0.05) is 12.1 Å². The molecule has 0 saturated carbocycles. The zero-order chi connectivity index (χ0) is 19.5. The van der Waals surface area contributed by atoms with Crippen LogP contribution in [0.1, 0.15) is 32.8 Å². The quantitative estimate of drug-likeness (QED) is 0.862. The maximum atomic E-state index is 12.4. The number of rotatable bonds is 4. The Morgan fingerprint density at radius 3 is 2.35 bits per heavy atom. The molecule has 1 atom stereocenters. The van der Waals surface area contributed by atoms with Crippen molar-refractivity contribution in [1.82, 2.24) is 4.90 Å². The first-order chi connectivity index (χ1) is 12.0. The van der Waals surface area contributed by atoms with Crippen LogP contribution in [0.4, 0.5) is 10.5 Å². The largest absolute Gasteiger partial charge is 0.444 e. The van der Waals surface area contributed by atoms with Crippen molar-refractivity contribution in [2.45, 2.75) is 45.3 Å². The number of hydrogen-bond donors (Lipinski definition) is 1. The second-order valence-corrected chi connectivity index (χ2v) is 9.79. The van der Waals surface area contributed by atoms with Gasteiger partial charge in [0.15, 0.2) is 9.84 Å². The molecule has 1 aromatic carbocycles. The molecule has 2 amide bonds. The lowest BCUT2D eigenvalue weighted by Gasteiger charge is -2.23. The number of amides is 2. The number of benzene rings is 1. The van der Waals surface area contributed by atoms with Crippen LogP contribution in [0.15, 0.2) is 24.3 Å². The summed E-state index contributed by atoms with van der Waals surface area (Å²) in [6.07, 6.45) is 0.131. The lowest BCUT2D eigenvalue weighted by molar-refractivity contribution is -0.130. The van der Waals surface area contributed by atoms with E-state index in [2.05, 4.69) is 5.32 Å². The van der Waals surface area contributed by atoms with Gasteiger partial charge in [-0.15, -0.1) is 0 Å². The van der Waals surface area contributed by atoms with E-state index in [0.29, 0.717) is 12.1 Å². The maximum Gasteiger partial charge on any atom is 0.412 e. The summed E-state index contributed by atoms with van der Waals surface area (Å²) in [5.74, 6) is 0.0499. The van der Waals surface area contributed by atoms with Gasteiger partial charge in [0, 0.05) is 18.8 Å². The number of ether oxygens (including phenoxy) is 1. The molecular weight excluding hydrogens is 356 g/mol. The molecule has 1 fully saturated rings. The Morgan fingerprint density at radius 2 is 1.85 bits per heavy atom. The Hall–Kier alpha value is -2.09. The van der Waals surface area contributed by atoms with Crippen LogP contribution in [0.25, 0.3) is 0 Å². The second kappa shape index (κ2) is 7.65. The van der Waals surface area contributed by atoms with E-state index in [0.717, 1.165) is 5.56 Å². The number of carbonyl (C=O) groups excluding carboxylic acids is 2. The van der Waals surface area contributed by atoms with Crippen LogP contribution in [0.2, 0.25) is 0 Å². The van der Waals surface area contributed by atoms with Crippen LogP contribution < -0.4 is 5.32 Å². The lowest BCUT2D eigenvalue weighted by atomic mass is 10.1. The average Bonchev–Trinajstić information content (AvgIpc) is 2.86. The van der Waals surface area contributed by atoms with Crippen molar-refractivity contribution in [1.29, 1.82) is 0 Å². The molecule has 0 spiro atoms. The third-order valence-electron chi connectivity index (χ3n) is 4.10. The van der Waals surface area contributed by atoms with Gasteiger partial charge in [0.2, 0.25) is 5.91 Å². The highest BCUT2D eigenvalue weighted by Gasteiger charge is 2.32. The molecular formula is C18H26N2O5S. The SMILES string of the molecule is CN(C(=O)Cc1ccc(NC(=O)OC(C)(C)C)cc1)C1CCS(=O)(=O)C1. The molecule has 1 heterocycles. The molecule has 26 heavy (non-hydrogen) atoms. The third-order valence-corrected chi connectivity index (χ3v) is 5.85. The van der Waals surface area contributed by atoms with Crippen LogP contribution in [0.5, 0.6) is 0 Å². The van der Waals surface area contributed by atoms with Gasteiger partial charge in [-0.3, -0.25) is 10.1 Å². The normalized spacial score (nSPS) is 19.0. The minimum atomic E-state index is -3.02. The van der Waals surface area contributed by atoms with E-state index in [1.165, 1.54) is 4.90 Å². The summed E-state index contributed by atoms with van der Waals surface area (Å²) in [4.78, 5) is 25.6. The molecule has 1 aliphatic rings. The topological polar surface area (TPSA) is 92.8 Å². The molecule has 1 aliphatic heterocycles. The van der Waals surface area contributed by atoms with Crippen LogP contribution in [0.3, 0.4) is 0 Å². The van der Waals surface area contributed by atoms with E-state index in [4.69, 9.17) is 4.74 Å². The Balaban J connectivity index is 1.90. The highest BCUT2D eigenvalue weighted by atomic mass is 32.2. The van der Waals surface area contributed by atoms with Gasteiger partial charge < -0.3 is 9.64 Å². The molecule has 1 unspecified atom stereocenters. The maximum absolute atomic E-state index is 12.4. The highest BCUT2D eigenvalue weighted by Crippen LogP contribution is 2.18. The molecule has 2 rings (SSSR count). The number of nitrogens with zero attached hydrogens (tertiary/aromatic N) is 1. The van der Waals surface area contributed by atoms with Crippen LogP contribution in [0, 0.1) is 0 Å². The number of anilines is 1. The fourth-order valence-corrected chi connectivity index (χ4v) is 4.49. The number of nitrogens with one attached hydrogen (secondary N) is 1. The molecule has 1 aromatic rings. The van der Waals surface area contributed by atoms with Crippen molar-refractivity contribution in [2.24, 2.45) is 0 Å². The molecule has 144 valence electrons. The van der Waals surface area contributed by atoms with E-state index in [-0.39, 0.29) is 29.9 Å². The summed E-state index contributed by atoms with van der Waals surface area (Å²) in [5, 5.41) is 2.63. The monoisotopic (exact) mass is 382 g/mol. The molecule has 1 N–H and O–H groups in total. The summed E-state index contributed by atoms with van der Waals surface area (Å²) >= 11 is 0. The predicted molar refractivity (Wildman–Crippen MR) is 99.8 cm³/mol. The van der Waals surface area contributed by atoms with Crippen LogP contribution in [-0.2, 0) is 25.8 Å². The predicted octanol–water partition coefficient (Wildman–Crippen LogP) is 2.22. The second-order valence-electron chi connectivity index (χ2n) is 7.56. The van der Waals surface area contributed by atoms with Gasteiger partial charge in [0.05, 0.1) is 17.9 Å². The summed E-state index contributed by atoms with van der Waals surface area (Å²) < 4.78 is 28.3. The highest BCUT2D eigenvalue weighted by molar-refractivity contribution is 7.91. The van der Waals surface area contributed by atoms with Crippen molar-refractivity contribution in [3.8, 4) is 0 Å². The molecule has 0 radical (unpaired) electrons. The Kier molecular flexibility index (Phi) is 5.95. The molecule has 0 bridgehead atoms. The number of hydrogen-bond acceptors (Lipinski definition) is 5. The number of sulfone groups is 1. The summed E-state index contributed by atoms with van der Waals surface area (Å²) in [5.41, 5.74) is 0.789. The zero-order valence-electron chi connectivity index (χ0n) is 15.6. The van der Waals surface area contributed by atoms with E-state index in [1.807, 2.05) is 0 Å². The van der Waals surface area contributed by atoms with E-state index in [1.54, 1.807) is 52.1 Å². The lowest BCUT2D eigenvalue weighted by Crippen LogP contribution is -2.38. The van der Waals surface area contributed by atoms with Gasteiger partial charge in [0.1, 0.15) is 5.60 Å². The first kappa shape index (κ1) is 20.2. The molecule has 7 nitrogen and oxygen atoms in total. The first-order valence-corrected chi connectivity index (χ1v) is 10.3. The van der Waals surface area contributed by atoms with Crippen molar-refractivity contribution < 1.29 is 22.7 Å². The standard InChI is InChI=1S/C18H26N2O5S/c1-18(2,3)25-17(22)19-14-7-5-13(6-8-14)11-16(21)20(4)15-9-10-26(23,24)12-15/h5-8,15H,9-12H2,1-4H3,(H,19,22).